The summed E-state index contributed by atoms with van der Waals surface area (Å²) in [5, 5.41) is 0.485. The lowest BCUT2D eigenvalue weighted by atomic mass is 10.1. The van der Waals surface area contributed by atoms with Crippen molar-refractivity contribution in [1.29, 1.82) is 0 Å². The van der Waals surface area contributed by atoms with E-state index < -0.39 is 9.84 Å². The van der Waals surface area contributed by atoms with Crippen molar-refractivity contribution < 1.29 is 22.7 Å². The van der Waals surface area contributed by atoms with Crippen LogP contribution in [0, 0.1) is 0 Å². The maximum absolute atomic E-state index is 13.2. The van der Waals surface area contributed by atoms with Gasteiger partial charge in [-0.15, -0.1) is 0 Å². The molecule has 0 aromatic heterocycles. The second-order valence-electron chi connectivity index (χ2n) is 7.01. The third-order valence-electron chi connectivity index (χ3n) is 4.46. The summed E-state index contributed by atoms with van der Waals surface area (Å²) < 4.78 is 34.9. The number of carbonyl (C=O) groups is 1. The summed E-state index contributed by atoms with van der Waals surface area (Å²) in [6.07, 6.45) is 0.953. The smallest absolute Gasteiger partial charge is 0.258 e. The van der Waals surface area contributed by atoms with Crippen molar-refractivity contribution in [2.75, 3.05) is 13.4 Å². The van der Waals surface area contributed by atoms with Crippen LogP contribution in [0.1, 0.15) is 35.3 Å². The van der Waals surface area contributed by atoms with E-state index in [1.807, 2.05) is 19.9 Å². The van der Waals surface area contributed by atoms with Crippen molar-refractivity contribution in [3.63, 3.8) is 0 Å². The number of hydrogen-bond donors (Lipinski definition) is 0. The predicted molar refractivity (Wildman–Crippen MR) is 107 cm³/mol. The molecule has 0 spiro atoms. The molecule has 0 N–H and O–H groups in total. The summed E-state index contributed by atoms with van der Waals surface area (Å²) in [7, 11) is -1.92. The number of sulfone groups is 1. The number of fused-ring (bicyclic) bond motifs is 1. The molecule has 1 amide bonds. The number of methoxy groups -OCH3 is 1. The van der Waals surface area contributed by atoms with Crippen molar-refractivity contribution in [2.45, 2.75) is 37.9 Å². The van der Waals surface area contributed by atoms with Gasteiger partial charge >= 0.3 is 0 Å². The molecule has 0 atom stereocenters. The maximum atomic E-state index is 13.2. The number of benzene rings is 2. The Morgan fingerprint density at radius 2 is 1.75 bits per heavy atom. The molecule has 0 saturated heterocycles. The topological polar surface area (TPSA) is 72.9 Å². The van der Waals surface area contributed by atoms with E-state index in [9.17, 15) is 13.2 Å². The first-order chi connectivity index (χ1) is 13.1. The van der Waals surface area contributed by atoms with Crippen molar-refractivity contribution in [1.82, 2.24) is 4.90 Å². The number of amides is 1. The van der Waals surface area contributed by atoms with Crippen LogP contribution in [0.15, 0.2) is 35.2 Å². The third kappa shape index (κ3) is 4.10. The lowest BCUT2D eigenvalue weighted by Gasteiger charge is -2.20. The fourth-order valence-corrected chi connectivity index (χ4v) is 4.04. The van der Waals surface area contributed by atoms with Gasteiger partial charge in [-0.2, -0.15) is 0 Å². The molecule has 0 aliphatic carbocycles. The average molecular weight is 424 g/mol. The van der Waals surface area contributed by atoms with Crippen molar-refractivity contribution >= 4 is 27.3 Å². The molecule has 1 heterocycles. The summed E-state index contributed by atoms with van der Waals surface area (Å²) in [4.78, 5) is 14.9. The van der Waals surface area contributed by atoms with E-state index in [0.717, 1.165) is 17.4 Å². The van der Waals surface area contributed by atoms with Gasteiger partial charge in [-0.1, -0.05) is 11.6 Å². The highest BCUT2D eigenvalue weighted by atomic mass is 35.5. The molecule has 1 aliphatic rings. The minimum atomic E-state index is -3.46. The Balaban J connectivity index is 1.97. The van der Waals surface area contributed by atoms with Crippen LogP contribution in [-0.4, -0.2) is 38.7 Å². The van der Waals surface area contributed by atoms with Gasteiger partial charge in [0.25, 0.3) is 5.91 Å². The molecule has 0 radical (unpaired) electrons. The summed E-state index contributed by atoms with van der Waals surface area (Å²) >= 11 is 6.19. The minimum Gasteiger partial charge on any atom is -0.495 e. The molecule has 3 rings (SSSR count). The van der Waals surface area contributed by atoms with Crippen molar-refractivity contribution in [2.24, 2.45) is 0 Å². The zero-order valence-electron chi connectivity index (χ0n) is 16.2. The molecule has 0 bridgehead atoms. The molecular formula is C20H22ClNO5S. The first-order valence-electron chi connectivity index (χ1n) is 8.75. The summed E-state index contributed by atoms with van der Waals surface area (Å²) in [5.41, 5.74) is 2.10. The highest BCUT2D eigenvalue weighted by Crippen LogP contribution is 2.35. The van der Waals surface area contributed by atoms with Gasteiger partial charge in [-0.25, -0.2) is 8.42 Å². The Hall–Kier alpha value is -2.25. The molecule has 0 unspecified atom stereocenters. The van der Waals surface area contributed by atoms with Gasteiger partial charge in [-0.05, 0) is 55.3 Å². The van der Waals surface area contributed by atoms with Crippen molar-refractivity contribution in [3.05, 3.63) is 52.0 Å². The van der Waals surface area contributed by atoms with Crippen LogP contribution in [-0.2, 0) is 22.9 Å². The summed E-state index contributed by atoms with van der Waals surface area (Å²) in [6, 6.07) is 7.98. The van der Waals surface area contributed by atoms with Crippen LogP contribution in [0.25, 0.3) is 0 Å². The molecule has 2 aromatic rings. The van der Waals surface area contributed by atoms with Crippen LogP contribution in [0.4, 0.5) is 0 Å². The first-order valence-corrected chi connectivity index (χ1v) is 11.0. The number of carbonyl (C=O) groups excluding carboxylic acids is 1. The van der Waals surface area contributed by atoms with Gasteiger partial charge in [-0.3, -0.25) is 4.79 Å². The van der Waals surface area contributed by atoms with Gasteiger partial charge < -0.3 is 14.4 Å². The van der Waals surface area contributed by atoms with Crippen LogP contribution in [0.3, 0.4) is 0 Å². The summed E-state index contributed by atoms with van der Waals surface area (Å²) in [5.74, 6) is 0.615. The second kappa shape index (κ2) is 7.64. The average Bonchev–Trinajstić information content (AvgIpc) is 3.01. The third-order valence-corrected chi connectivity index (χ3v) is 5.86. The second-order valence-corrected chi connectivity index (χ2v) is 9.44. The van der Waals surface area contributed by atoms with E-state index in [1.165, 1.54) is 25.3 Å². The molecule has 0 fully saturated rings. The quantitative estimate of drug-likeness (QED) is 0.733. The monoisotopic (exact) mass is 423 g/mol. The van der Waals surface area contributed by atoms with Crippen LogP contribution >= 0.6 is 11.6 Å². The molecule has 150 valence electrons. The van der Waals surface area contributed by atoms with E-state index in [-0.39, 0.29) is 22.5 Å². The minimum absolute atomic E-state index is 0.0772. The number of ether oxygens (including phenoxy) is 2. The van der Waals surface area contributed by atoms with E-state index in [0.29, 0.717) is 29.6 Å². The van der Waals surface area contributed by atoms with E-state index in [2.05, 4.69) is 0 Å². The molecular weight excluding hydrogens is 402 g/mol. The van der Waals surface area contributed by atoms with Crippen LogP contribution < -0.4 is 9.47 Å². The molecule has 8 heteroatoms. The largest absolute Gasteiger partial charge is 0.495 e. The SMILES string of the molecule is COc1cc2c(cc1Cl)CN(C(=O)c1cc(S(C)(=O)=O)ccc1OC(C)C)C2. The van der Waals surface area contributed by atoms with E-state index in [1.54, 1.807) is 11.0 Å². The maximum Gasteiger partial charge on any atom is 0.258 e. The van der Waals surface area contributed by atoms with Gasteiger partial charge in [0.2, 0.25) is 0 Å². The number of nitrogens with zero attached hydrogens (tertiary/aromatic N) is 1. The fourth-order valence-electron chi connectivity index (χ4n) is 3.13. The Morgan fingerprint density at radius 3 is 2.32 bits per heavy atom. The Bertz CT molecular complexity index is 1030. The Morgan fingerprint density at radius 1 is 1.11 bits per heavy atom. The Labute approximate surface area is 169 Å². The van der Waals surface area contributed by atoms with E-state index >= 15 is 0 Å². The number of rotatable bonds is 5. The lowest BCUT2D eigenvalue weighted by molar-refractivity contribution is 0.0745. The van der Waals surface area contributed by atoms with Crippen molar-refractivity contribution in [3.8, 4) is 11.5 Å². The highest BCUT2D eigenvalue weighted by molar-refractivity contribution is 7.90. The van der Waals surface area contributed by atoms with Gasteiger partial charge in [0.15, 0.2) is 9.84 Å². The molecule has 0 saturated carbocycles. The zero-order chi connectivity index (χ0) is 20.6. The Kier molecular flexibility index (Phi) is 5.59. The number of hydrogen-bond acceptors (Lipinski definition) is 5. The summed E-state index contributed by atoms with van der Waals surface area (Å²) in [6.45, 7) is 4.45. The molecule has 2 aromatic carbocycles. The predicted octanol–water partition coefficient (Wildman–Crippen LogP) is 3.70. The van der Waals surface area contributed by atoms with Gasteiger partial charge in [0.1, 0.15) is 11.5 Å². The van der Waals surface area contributed by atoms with E-state index in [4.69, 9.17) is 21.1 Å². The first kappa shape index (κ1) is 20.5. The fraction of sp³-hybridized carbons (Fsp3) is 0.350. The van der Waals surface area contributed by atoms with Gasteiger partial charge in [0, 0.05) is 19.3 Å². The zero-order valence-corrected chi connectivity index (χ0v) is 17.7. The molecule has 1 aliphatic heterocycles. The molecule has 28 heavy (non-hydrogen) atoms. The normalized spacial score (nSPS) is 13.6. The number of halogens is 1. The van der Waals surface area contributed by atoms with Crippen LogP contribution in [0.2, 0.25) is 5.02 Å². The highest BCUT2D eigenvalue weighted by Gasteiger charge is 2.28. The standard InChI is InChI=1S/C20H22ClNO5S/c1-12(2)27-18-6-5-15(28(4,24)25)9-16(18)20(23)22-10-13-7-17(21)19(26-3)8-14(13)11-22/h5-9,12H,10-11H2,1-4H3. The van der Waals surface area contributed by atoms with Gasteiger partial charge in [0.05, 0.1) is 28.7 Å². The molecule has 6 nitrogen and oxygen atoms in total. The lowest BCUT2D eigenvalue weighted by Crippen LogP contribution is -2.26. The van der Waals surface area contributed by atoms with Crippen LogP contribution in [0.5, 0.6) is 11.5 Å².